The number of benzene rings is 2. The number of nitrogens with zero attached hydrogens (tertiary/aromatic N) is 3. The highest BCUT2D eigenvalue weighted by molar-refractivity contribution is 7.67. The van der Waals surface area contributed by atoms with E-state index in [0.29, 0.717) is 16.7 Å². The first kappa shape index (κ1) is 20.0. The lowest BCUT2D eigenvalue weighted by molar-refractivity contribution is 0.469. The van der Waals surface area contributed by atoms with Crippen LogP contribution in [0.3, 0.4) is 0 Å². The Hall–Kier alpha value is -3.32. The highest BCUT2D eigenvalue weighted by Gasteiger charge is 2.36. The van der Waals surface area contributed by atoms with Crippen molar-refractivity contribution in [2.75, 3.05) is 11.9 Å². The Kier molecular flexibility index (Phi) is 4.78. The first-order valence-electron chi connectivity index (χ1n) is 9.46. The first-order valence-corrected chi connectivity index (χ1v) is 11.3. The molecule has 10 heteroatoms. The van der Waals surface area contributed by atoms with Crippen molar-refractivity contribution in [2.24, 2.45) is 7.05 Å². The average Bonchev–Trinajstić information content (AvgIpc) is 2.74. The number of fused-ring (bicyclic) bond motifs is 3. The maximum atomic E-state index is 13.9. The Morgan fingerprint density at radius 3 is 2.33 bits per heavy atom. The maximum Gasteiger partial charge on any atom is 0.336 e. The summed E-state index contributed by atoms with van der Waals surface area (Å²) in [5.74, 6) is 0.332. The van der Waals surface area contributed by atoms with E-state index < -0.39 is 24.4 Å². The zero-order chi connectivity index (χ0) is 21.6. The van der Waals surface area contributed by atoms with Gasteiger partial charge in [-0.2, -0.15) is 0 Å². The first-order chi connectivity index (χ1) is 14.3. The Balaban J connectivity index is 1.81. The van der Waals surface area contributed by atoms with Crippen LogP contribution < -0.4 is 32.6 Å². The van der Waals surface area contributed by atoms with Crippen LogP contribution in [0.1, 0.15) is 6.92 Å². The Labute approximate surface area is 171 Å². The SMILES string of the molecule is CCn1c(=O)n(C)c(=O)n(CCP2(=O)Oc3c(N)cccc3-c3ccccc32)c1=O. The zero-order valence-corrected chi connectivity index (χ0v) is 17.5. The molecule has 2 N–H and O–H groups in total. The standard InChI is InChI=1S/C20H21N4O5P/c1-3-23-18(25)22(2)19(26)24(20(23)27)11-12-30(28)16-10-5-4-7-13(16)14-8-6-9-15(21)17(14)29-30/h4-10H,3,11-12,21H2,1-2H3. The van der Waals surface area contributed by atoms with Crippen LogP contribution in [0, 0.1) is 0 Å². The van der Waals surface area contributed by atoms with Crippen molar-refractivity contribution in [1.82, 2.24) is 13.7 Å². The zero-order valence-electron chi connectivity index (χ0n) is 16.6. The summed E-state index contributed by atoms with van der Waals surface area (Å²) in [7, 11) is -2.19. The molecule has 0 radical (unpaired) electrons. The number of aromatic nitrogens is 3. The summed E-state index contributed by atoms with van der Waals surface area (Å²) >= 11 is 0. The molecule has 0 saturated heterocycles. The number of rotatable bonds is 4. The van der Waals surface area contributed by atoms with Gasteiger partial charge >= 0.3 is 17.1 Å². The van der Waals surface area contributed by atoms with Crippen LogP contribution in [0.4, 0.5) is 5.69 Å². The van der Waals surface area contributed by atoms with Crippen molar-refractivity contribution < 1.29 is 9.09 Å². The molecule has 0 bridgehead atoms. The lowest BCUT2D eigenvalue weighted by Crippen LogP contribution is -2.53. The van der Waals surface area contributed by atoms with E-state index in [0.717, 1.165) is 24.8 Å². The van der Waals surface area contributed by atoms with E-state index in [1.807, 2.05) is 18.2 Å². The van der Waals surface area contributed by atoms with Gasteiger partial charge in [0.05, 0.1) is 17.2 Å². The molecule has 0 aliphatic carbocycles. The number of nitrogen functional groups attached to an aromatic ring is 1. The van der Waals surface area contributed by atoms with E-state index in [9.17, 15) is 18.9 Å². The predicted molar refractivity (Wildman–Crippen MR) is 115 cm³/mol. The van der Waals surface area contributed by atoms with Gasteiger partial charge in [-0.1, -0.05) is 30.3 Å². The lowest BCUT2D eigenvalue weighted by Gasteiger charge is -2.29. The summed E-state index contributed by atoms with van der Waals surface area (Å²) in [5, 5.41) is 0.511. The van der Waals surface area contributed by atoms with E-state index in [2.05, 4.69) is 0 Å². The van der Waals surface area contributed by atoms with Gasteiger partial charge in [0.2, 0.25) is 0 Å². The monoisotopic (exact) mass is 428 g/mol. The van der Waals surface area contributed by atoms with Crippen LogP contribution in [-0.2, 0) is 24.7 Å². The van der Waals surface area contributed by atoms with Gasteiger partial charge in [-0.3, -0.25) is 4.57 Å². The lowest BCUT2D eigenvalue weighted by atomic mass is 10.0. The third kappa shape index (κ3) is 2.93. The van der Waals surface area contributed by atoms with E-state index in [4.69, 9.17) is 10.3 Å². The van der Waals surface area contributed by atoms with Gasteiger partial charge in [0.15, 0.2) is 5.75 Å². The van der Waals surface area contributed by atoms with Crippen molar-refractivity contribution in [3.8, 4) is 16.9 Å². The molecule has 0 fully saturated rings. The normalized spacial score (nSPS) is 17.1. The molecular weight excluding hydrogens is 407 g/mol. The molecule has 3 aromatic rings. The van der Waals surface area contributed by atoms with Crippen molar-refractivity contribution in [3.05, 3.63) is 73.9 Å². The quantitative estimate of drug-likeness (QED) is 0.489. The van der Waals surface area contributed by atoms with Crippen LogP contribution in [0.15, 0.2) is 56.8 Å². The van der Waals surface area contributed by atoms with Gasteiger partial charge in [0.1, 0.15) is 0 Å². The molecule has 2 aromatic carbocycles. The van der Waals surface area contributed by atoms with Gasteiger partial charge in [0, 0.05) is 25.7 Å². The van der Waals surface area contributed by atoms with E-state index in [-0.39, 0.29) is 19.3 Å². The molecule has 1 aromatic heterocycles. The van der Waals surface area contributed by atoms with Crippen LogP contribution >= 0.6 is 7.37 Å². The highest BCUT2D eigenvalue weighted by atomic mass is 31.2. The fourth-order valence-corrected chi connectivity index (χ4v) is 5.94. The van der Waals surface area contributed by atoms with Crippen molar-refractivity contribution in [1.29, 1.82) is 0 Å². The molecule has 1 unspecified atom stereocenters. The van der Waals surface area contributed by atoms with Crippen LogP contribution in [-0.4, -0.2) is 19.9 Å². The summed E-state index contributed by atoms with van der Waals surface area (Å²) < 4.78 is 22.6. The van der Waals surface area contributed by atoms with Crippen LogP contribution in [0.5, 0.6) is 5.75 Å². The minimum absolute atomic E-state index is 0.102. The summed E-state index contributed by atoms with van der Waals surface area (Å²) in [6.07, 6.45) is -0.102. The molecule has 0 amide bonds. The molecule has 1 aliphatic heterocycles. The van der Waals surface area contributed by atoms with Gasteiger partial charge in [-0.15, -0.1) is 0 Å². The minimum atomic E-state index is -3.49. The van der Waals surface area contributed by atoms with Gasteiger partial charge in [0.25, 0.3) is 7.37 Å². The summed E-state index contributed by atoms with van der Waals surface area (Å²) in [5.41, 5.74) is 5.72. The molecule has 2 heterocycles. The number of hydrogen-bond acceptors (Lipinski definition) is 6. The predicted octanol–water partition coefficient (Wildman–Crippen LogP) is 0.974. The molecule has 156 valence electrons. The van der Waals surface area contributed by atoms with Crippen LogP contribution in [0.25, 0.3) is 11.1 Å². The second-order valence-corrected chi connectivity index (χ2v) is 9.49. The third-order valence-electron chi connectivity index (χ3n) is 5.28. The Bertz CT molecular complexity index is 1390. The number of anilines is 1. The maximum absolute atomic E-state index is 13.9. The fourth-order valence-electron chi connectivity index (χ4n) is 3.68. The Morgan fingerprint density at radius 1 is 0.933 bits per heavy atom. The van der Waals surface area contributed by atoms with Gasteiger partial charge in [-0.05, 0) is 24.6 Å². The average molecular weight is 428 g/mol. The van der Waals surface area contributed by atoms with Crippen LogP contribution in [0.2, 0.25) is 0 Å². The largest absolute Gasteiger partial charge is 0.437 e. The number of nitrogens with two attached hydrogens (primary N) is 1. The van der Waals surface area contributed by atoms with Gasteiger partial charge in [-0.25, -0.2) is 28.1 Å². The molecule has 0 saturated carbocycles. The molecule has 30 heavy (non-hydrogen) atoms. The van der Waals surface area contributed by atoms with Crippen molar-refractivity contribution in [2.45, 2.75) is 20.0 Å². The fraction of sp³-hybridized carbons (Fsp3) is 0.250. The van der Waals surface area contributed by atoms with Gasteiger partial charge < -0.3 is 10.3 Å². The smallest absolute Gasteiger partial charge is 0.336 e. The third-order valence-corrected chi connectivity index (χ3v) is 7.67. The molecule has 1 aliphatic rings. The van der Waals surface area contributed by atoms with E-state index >= 15 is 0 Å². The summed E-state index contributed by atoms with van der Waals surface area (Å²) in [6, 6.07) is 12.4. The second-order valence-electron chi connectivity index (χ2n) is 7.03. The highest BCUT2D eigenvalue weighted by Crippen LogP contribution is 2.56. The van der Waals surface area contributed by atoms with E-state index in [1.54, 1.807) is 31.2 Å². The molecule has 4 rings (SSSR count). The Morgan fingerprint density at radius 2 is 1.60 bits per heavy atom. The summed E-state index contributed by atoms with van der Waals surface area (Å²) in [4.78, 5) is 37.3. The van der Waals surface area contributed by atoms with Crippen molar-refractivity contribution in [3.63, 3.8) is 0 Å². The molecular formula is C20H21N4O5P. The molecule has 1 atom stereocenters. The number of para-hydroxylation sites is 1. The van der Waals surface area contributed by atoms with Crippen molar-refractivity contribution >= 4 is 18.4 Å². The summed E-state index contributed by atoms with van der Waals surface area (Å²) in [6.45, 7) is 1.59. The molecule has 0 spiro atoms. The van der Waals surface area contributed by atoms with E-state index in [1.165, 1.54) is 7.05 Å². The second kappa shape index (κ2) is 7.18. The number of hydrogen-bond donors (Lipinski definition) is 1. The topological polar surface area (TPSA) is 118 Å². The molecule has 9 nitrogen and oxygen atoms in total. The minimum Gasteiger partial charge on any atom is -0.437 e.